The summed E-state index contributed by atoms with van der Waals surface area (Å²) in [5.41, 5.74) is 3.86. The number of hydrogen-bond acceptors (Lipinski definition) is 2. The maximum Gasteiger partial charge on any atom is 0.195 e. The molecule has 2 nitrogen and oxygen atoms in total. The first-order chi connectivity index (χ1) is 9.45. The zero-order valence-corrected chi connectivity index (χ0v) is 14.5. The fourth-order valence-corrected chi connectivity index (χ4v) is 2.50. The highest BCUT2D eigenvalue weighted by molar-refractivity contribution is 7.39. The van der Waals surface area contributed by atoms with E-state index >= 15 is 0 Å². The number of allylic oxidation sites excluding steroid dienone is 8. The molecule has 0 saturated heterocycles. The molecule has 0 heterocycles. The van der Waals surface area contributed by atoms with E-state index in [1.54, 1.807) is 0 Å². The molecule has 0 radical (unpaired) electrons. The van der Waals surface area contributed by atoms with Crippen LogP contribution < -0.4 is 0 Å². The van der Waals surface area contributed by atoms with Crippen molar-refractivity contribution in [2.75, 3.05) is 12.8 Å². The Labute approximate surface area is 125 Å². The molecule has 0 bridgehead atoms. The van der Waals surface area contributed by atoms with Crippen LogP contribution in [0.2, 0.25) is 0 Å². The highest BCUT2D eigenvalue weighted by Gasteiger charge is 1.94. The lowest BCUT2D eigenvalue weighted by Gasteiger charge is -1.98. The van der Waals surface area contributed by atoms with Gasteiger partial charge in [0.25, 0.3) is 0 Å². The van der Waals surface area contributed by atoms with Crippen LogP contribution >= 0.6 is 8.03 Å². The summed E-state index contributed by atoms with van der Waals surface area (Å²) in [7, 11) is -1.88. The first-order valence-electron chi connectivity index (χ1n) is 7.25. The Hall–Kier alpha value is -0.850. The quantitative estimate of drug-likeness (QED) is 0.310. The van der Waals surface area contributed by atoms with E-state index in [2.05, 4.69) is 39.0 Å². The van der Waals surface area contributed by atoms with Gasteiger partial charge in [0.2, 0.25) is 0 Å². The van der Waals surface area contributed by atoms with E-state index in [0.717, 1.165) is 18.4 Å². The highest BCUT2D eigenvalue weighted by Crippen LogP contribution is 2.22. The molecular formula is C17H29O2P. The average Bonchev–Trinajstić information content (AvgIpc) is 2.36. The minimum absolute atomic E-state index is 0.522. The third-order valence-corrected chi connectivity index (χ3v) is 3.88. The molecule has 0 aliphatic heterocycles. The van der Waals surface area contributed by atoms with Crippen molar-refractivity contribution < 1.29 is 9.09 Å². The van der Waals surface area contributed by atoms with Crippen LogP contribution in [0.1, 0.15) is 47.5 Å². The smallest absolute Gasteiger partial charge is 0.195 e. The van der Waals surface area contributed by atoms with Crippen molar-refractivity contribution in [2.45, 2.75) is 47.5 Å². The second-order valence-corrected chi connectivity index (χ2v) is 6.59. The van der Waals surface area contributed by atoms with Gasteiger partial charge >= 0.3 is 0 Å². The van der Waals surface area contributed by atoms with E-state index in [9.17, 15) is 4.57 Å². The summed E-state index contributed by atoms with van der Waals surface area (Å²) in [6.45, 7) is 10.8. The van der Waals surface area contributed by atoms with Crippen LogP contribution in [0, 0.1) is 0 Å². The van der Waals surface area contributed by atoms with E-state index in [0.29, 0.717) is 12.8 Å². The summed E-state index contributed by atoms with van der Waals surface area (Å²) in [5.74, 6) is 0. The average molecular weight is 296 g/mol. The van der Waals surface area contributed by atoms with Crippen LogP contribution in [0.3, 0.4) is 0 Å². The molecule has 0 saturated carbocycles. The summed E-state index contributed by atoms with van der Waals surface area (Å²) < 4.78 is 16.4. The normalized spacial score (nSPS) is 14.7. The lowest BCUT2D eigenvalue weighted by Crippen LogP contribution is -1.81. The molecule has 0 N–H and O–H groups in total. The van der Waals surface area contributed by atoms with Gasteiger partial charge in [-0.05, 0) is 47.5 Å². The summed E-state index contributed by atoms with van der Waals surface area (Å²) >= 11 is 0. The molecule has 1 unspecified atom stereocenters. The van der Waals surface area contributed by atoms with Gasteiger partial charge in [-0.25, -0.2) is 0 Å². The number of hydrogen-bond donors (Lipinski definition) is 0. The monoisotopic (exact) mass is 296 g/mol. The molecule has 0 amide bonds. The SMILES string of the molecule is CCO[PH](=O)C/C=C(C)/C=C/C=C(\C)CCC=C(C)C. The van der Waals surface area contributed by atoms with Crippen molar-refractivity contribution in [1.29, 1.82) is 0 Å². The van der Waals surface area contributed by atoms with Gasteiger partial charge in [0.15, 0.2) is 8.03 Å². The van der Waals surface area contributed by atoms with Crippen LogP contribution in [0.15, 0.2) is 47.1 Å². The maximum atomic E-state index is 11.4. The van der Waals surface area contributed by atoms with Crippen molar-refractivity contribution in [1.82, 2.24) is 0 Å². The van der Waals surface area contributed by atoms with E-state index in [1.807, 2.05) is 26.0 Å². The van der Waals surface area contributed by atoms with Crippen molar-refractivity contribution in [3.63, 3.8) is 0 Å². The Morgan fingerprint density at radius 1 is 1.15 bits per heavy atom. The Balaban J connectivity index is 4.17. The molecule has 1 atom stereocenters. The van der Waals surface area contributed by atoms with E-state index in [1.165, 1.54) is 11.1 Å². The molecule has 20 heavy (non-hydrogen) atoms. The molecule has 3 heteroatoms. The molecule has 0 fully saturated rings. The Morgan fingerprint density at radius 2 is 1.85 bits per heavy atom. The van der Waals surface area contributed by atoms with Crippen LogP contribution in [-0.2, 0) is 9.09 Å². The summed E-state index contributed by atoms with van der Waals surface area (Å²) in [6, 6.07) is 0. The molecule has 0 aromatic carbocycles. The van der Waals surface area contributed by atoms with Gasteiger partial charge in [-0.3, -0.25) is 4.57 Å². The van der Waals surface area contributed by atoms with Crippen LogP contribution in [0.4, 0.5) is 0 Å². The van der Waals surface area contributed by atoms with Crippen LogP contribution in [0.5, 0.6) is 0 Å². The predicted octanol–water partition coefficient (Wildman–Crippen LogP) is 5.69. The zero-order chi connectivity index (χ0) is 15.4. The fourth-order valence-electron chi connectivity index (χ4n) is 1.57. The Kier molecular flexibility index (Phi) is 11.4. The molecule has 0 aliphatic rings. The molecule has 114 valence electrons. The van der Waals surface area contributed by atoms with Crippen molar-refractivity contribution in [3.05, 3.63) is 47.1 Å². The molecular weight excluding hydrogens is 267 g/mol. The topological polar surface area (TPSA) is 26.3 Å². The van der Waals surface area contributed by atoms with Crippen LogP contribution in [-0.4, -0.2) is 12.8 Å². The Bertz CT molecular complexity index is 411. The summed E-state index contributed by atoms with van der Waals surface area (Å²) in [4.78, 5) is 0. The van der Waals surface area contributed by atoms with Gasteiger partial charge in [0, 0.05) is 6.16 Å². The van der Waals surface area contributed by atoms with Crippen molar-refractivity contribution >= 4 is 8.03 Å². The molecule has 0 rings (SSSR count). The second-order valence-electron chi connectivity index (χ2n) is 5.15. The summed E-state index contributed by atoms with van der Waals surface area (Å²) in [6.07, 6.45) is 13.2. The van der Waals surface area contributed by atoms with Crippen LogP contribution in [0.25, 0.3) is 0 Å². The van der Waals surface area contributed by atoms with E-state index < -0.39 is 8.03 Å². The van der Waals surface area contributed by atoms with Gasteiger partial charge < -0.3 is 4.52 Å². The van der Waals surface area contributed by atoms with Gasteiger partial charge in [-0.2, -0.15) is 0 Å². The van der Waals surface area contributed by atoms with E-state index in [4.69, 9.17) is 4.52 Å². The molecule has 0 aliphatic carbocycles. The molecule has 0 aromatic rings. The largest absolute Gasteiger partial charge is 0.331 e. The predicted molar refractivity (Wildman–Crippen MR) is 90.8 cm³/mol. The lowest BCUT2D eigenvalue weighted by molar-refractivity contribution is 0.352. The van der Waals surface area contributed by atoms with Gasteiger partial charge in [-0.1, -0.05) is 47.1 Å². The first kappa shape index (κ1) is 19.1. The van der Waals surface area contributed by atoms with E-state index in [-0.39, 0.29) is 0 Å². The standard InChI is InChI=1S/C17H29O2P/c1-6-19-20(18)14-13-17(5)12-8-11-16(4)10-7-9-15(2)3/h8-9,11-13,20H,6-7,10,14H2,1-5H3/b12-8+,16-11+,17-13+. The highest BCUT2D eigenvalue weighted by atomic mass is 31.1. The third kappa shape index (κ3) is 12.2. The number of rotatable bonds is 9. The second kappa shape index (κ2) is 11.9. The summed E-state index contributed by atoms with van der Waals surface area (Å²) in [5, 5.41) is 0. The van der Waals surface area contributed by atoms with Gasteiger partial charge in [0.1, 0.15) is 0 Å². The van der Waals surface area contributed by atoms with Crippen molar-refractivity contribution in [2.24, 2.45) is 0 Å². The minimum atomic E-state index is -1.88. The fraction of sp³-hybridized carbons (Fsp3) is 0.529. The van der Waals surface area contributed by atoms with Gasteiger partial charge in [-0.15, -0.1) is 0 Å². The maximum absolute atomic E-state index is 11.4. The molecule has 0 spiro atoms. The Morgan fingerprint density at radius 3 is 2.45 bits per heavy atom. The minimum Gasteiger partial charge on any atom is -0.331 e. The third-order valence-electron chi connectivity index (χ3n) is 2.73. The first-order valence-corrected chi connectivity index (χ1v) is 8.77. The molecule has 0 aromatic heterocycles. The lowest BCUT2D eigenvalue weighted by atomic mass is 10.1. The van der Waals surface area contributed by atoms with Crippen molar-refractivity contribution in [3.8, 4) is 0 Å². The van der Waals surface area contributed by atoms with Gasteiger partial charge in [0.05, 0.1) is 6.61 Å². The zero-order valence-electron chi connectivity index (χ0n) is 13.5.